The maximum absolute atomic E-state index is 2.59. The van der Waals surface area contributed by atoms with Gasteiger partial charge in [0.1, 0.15) is 0 Å². The second-order valence-corrected chi connectivity index (χ2v) is 15.0. The average Bonchev–Trinajstić information content (AvgIpc) is 3.46. The van der Waals surface area contributed by atoms with Gasteiger partial charge in [0, 0.05) is 0 Å². The van der Waals surface area contributed by atoms with E-state index in [9.17, 15) is 0 Å². The van der Waals surface area contributed by atoms with E-state index in [0.29, 0.717) is 25.8 Å². The van der Waals surface area contributed by atoms with Gasteiger partial charge in [0.05, 0.1) is 0 Å². The van der Waals surface area contributed by atoms with Crippen molar-refractivity contribution in [1.82, 2.24) is 0 Å². The summed E-state index contributed by atoms with van der Waals surface area (Å²) in [4.78, 5) is 0. The number of fused-ring (bicyclic) bond motifs is 1. The molecule has 0 nitrogen and oxygen atoms in total. The molecule has 0 heterocycles. The fourth-order valence-corrected chi connectivity index (χ4v) is 12.1. The van der Waals surface area contributed by atoms with Crippen LogP contribution in [0.15, 0.2) is 126 Å². The van der Waals surface area contributed by atoms with Gasteiger partial charge in [0.15, 0.2) is 0 Å². The molecule has 6 rings (SSSR count). The summed E-state index contributed by atoms with van der Waals surface area (Å²) in [6.45, 7) is 2.59. The van der Waals surface area contributed by atoms with E-state index in [-0.39, 0.29) is 15.0 Å². The van der Waals surface area contributed by atoms with Crippen LogP contribution in [0.3, 0.4) is 0 Å². The third-order valence-corrected chi connectivity index (χ3v) is 13.4. The van der Waals surface area contributed by atoms with Crippen LogP contribution in [-0.2, 0) is 0 Å². The van der Waals surface area contributed by atoms with E-state index in [1.807, 2.05) is 0 Å². The summed E-state index contributed by atoms with van der Waals surface area (Å²) < 4.78 is 4.78. The van der Waals surface area contributed by atoms with Crippen LogP contribution in [0.1, 0.15) is 37.3 Å². The zero-order valence-corrected chi connectivity index (χ0v) is 24.2. The quantitative estimate of drug-likeness (QED) is 0.198. The molecule has 2 aliphatic carbocycles. The molecular weight excluding hydrogens is 566 g/mol. The Kier molecular flexibility index (Phi) is 6.80. The van der Waals surface area contributed by atoms with Crippen molar-refractivity contribution >= 4 is 44.4 Å². The molecule has 0 amide bonds. The van der Waals surface area contributed by atoms with Crippen molar-refractivity contribution in [2.24, 2.45) is 16.7 Å². The van der Waals surface area contributed by atoms with Crippen LogP contribution in [0.2, 0.25) is 5.32 Å². The van der Waals surface area contributed by atoms with Crippen LogP contribution in [0.4, 0.5) is 0 Å². The van der Waals surface area contributed by atoms with Crippen LogP contribution in [0.25, 0.3) is 5.57 Å². The predicted octanol–water partition coefficient (Wildman–Crippen LogP) is 6.73. The van der Waals surface area contributed by atoms with E-state index >= 15 is 0 Å². The summed E-state index contributed by atoms with van der Waals surface area (Å²) in [5.74, 6) is 0.769. The van der Waals surface area contributed by atoms with Crippen molar-refractivity contribution in [3.05, 3.63) is 137 Å². The molecular formula is C34H32Se2. The Morgan fingerprint density at radius 2 is 1.19 bits per heavy atom. The first-order valence-electron chi connectivity index (χ1n) is 13.0. The average molecular weight is 599 g/mol. The molecule has 4 aromatic rings. The molecule has 0 aromatic heterocycles. The summed E-state index contributed by atoms with van der Waals surface area (Å²) in [6, 6.07) is 44.9. The fourth-order valence-electron chi connectivity index (χ4n) is 6.35. The Bertz CT molecular complexity index is 1290. The summed E-state index contributed by atoms with van der Waals surface area (Å²) >= 11 is 0.805. The molecule has 36 heavy (non-hydrogen) atoms. The first kappa shape index (κ1) is 24.0. The molecule has 180 valence electrons. The number of rotatable bonds is 8. The first-order chi connectivity index (χ1) is 17.7. The molecule has 0 bridgehead atoms. The van der Waals surface area contributed by atoms with Crippen LogP contribution < -0.4 is 8.92 Å². The molecule has 0 radical (unpaired) electrons. The molecule has 3 atom stereocenters. The Labute approximate surface area is 228 Å². The Balaban J connectivity index is 1.51. The van der Waals surface area contributed by atoms with Gasteiger partial charge in [-0.3, -0.25) is 0 Å². The van der Waals surface area contributed by atoms with E-state index in [1.54, 1.807) is 8.93 Å². The zero-order valence-electron chi connectivity index (χ0n) is 20.8. The van der Waals surface area contributed by atoms with Crippen LogP contribution in [0, 0.1) is 16.7 Å². The SMILES string of the molecule is C[C@@]12CC[C@H](C[Se]c3ccccc3)[C@]1(C([Se]c1ccccc1)=C(c1ccccc1)c1ccccc1)C2. The number of benzene rings is 4. The number of hydrogen-bond acceptors (Lipinski definition) is 0. The van der Waals surface area contributed by atoms with Crippen molar-refractivity contribution < 1.29 is 0 Å². The Morgan fingerprint density at radius 1 is 0.694 bits per heavy atom. The van der Waals surface area contributed by atoms with Gasteiger partial charge in [-0.15, -0.1) is 0 Å². The normalized spacial score (nSPS) is 24.2. The van der Waals surface area contributed by atoms with E-state index in [2.05, 4.69) is 128 Å². The molecule has 2 fully saturated rings. The van der Waals surface area contributed by atoms with Crippen molar-refractivity contribution in [1.29, 1.82) is 0 Å². The van der Waals surface area contributed by atoms with E-state index < -0.39 is 0 Å². The first-order valence-corrected chi connectivity index (χ1v) is 16.7. The number of hydrogen-bond donors (Lipinski definition) is 0. The maximum atomic E-state index is 2.59. The van der Waals surface area contributed by atoms with Gasteiger partial charge < -0.3 is 0 Å². The minimum atomic E-state index is 0.280. The second-order valence-electron chi connectivity index (χ2n) is 10.4. The van der Waals surface area contributed by atoms with E-state index in [4.69, 9.17) is 0 Å². The topological polar surface area (TPSA) is 0 Å². The number of allylic oxidation sites excluding steroid dienone is 1. The third kappa shape index (κ3) is 4.46. The second kappa shape index (κ2) is 10.2. The summed E-state index contributed by atoms with van der Waals surface area (Å²) in [7, 11) is 0. The summed E-state index contributed by atoms with van der Waals surface area (Å²) in [5, 5.41) is 1.35. The molecule has 0 spiro atoms. The van der Waals surface area contributed by atoms with Crippen molar-refractivity contribution in [2.45, 2.75) is 31.5 Å². The van der Waals surface area contributed by atoms with Crippen LogP contribution in [0.5, 0.6) is 0 Å². The van der Waals surface area contributed by atoms with Gasteiger partial charge >= 0.3 is 230 Å². The van der Waals surface area contributed by atoms with Gasteiger partial charge in [0.2, 0.25) is 0 Å². The standard InChI is InChI=1S/C34H32Se2/c1-33-23-22-28(24-35-29-18-10-4-11-19-29)34(33,25-33)32(36-30-20-12-5-13-21-30)31(26-14-6-2-7-15-26)27-16-8-3-9-17-27/h2-21,28H,22-25H2,1H3/t28-,33+,34+/m1/s1. The molecule has 0 saturated heterocycles. The molecule has 0 unspecified atom stereocenters. The van der Waals surface area contributed by atoms with Gasteiger partial charge in [-0.05, 0) is 0 Å². The van der Waals surface area contributed by atoms with Crippen LogP contribution >= 0.6 is 0 Å². The van der Waals surface area contributed by atoms with Gasteiger partial charge in [-0.1, -0.05) is 0 Å². The van der Waals surface area contributed by atoms with Gasteiger partial charge in [0.25, 0.3) is 0 Å². The van der Waals surface area contributed by atoms with E-state index in [0.717, 1.165) is 5.92 Å². The Morgan fingerprint density at radius 3 is 1.72 bits per heavy atom. The van der Waals surface area contributed by atoms with Crippen molar-refractivity contribution in [3.8, 4) is 0 Å². The molecule has 2 heteroatoms. The molecule has 2 saturated carbocycles. The third-order valence-electron chi connectivity index (χ3n) is 8.28. The Hall–Kier alpha value is -2.34. The van der Waals surface area contributed by atoms with Crippen molar-refractivity contribution in [2.75, 3.05) is 0 Å². The minimum absolute atomic E-state index is 0.280. The van der Waals surface area contributed by atoms with Crippen LogP contribution in [-0.4, -0.2) is 29.9 Å². The van der Waals surface area contributed by atoms with Gasteiger partial charge in [-0.25, -0.2) is 0 Å². The summed E-state index contributed by atoms with van der Waals surface area (Å²) in [5.41, 5.74) is 5.01. The molecule has 0 N–H and O–H groups in total. The molecule has 4 aromatic carbocycles. The van der Waals surface area contributed by atoms with E-state index in [1.165, 1.54) is 45.7 Å². The summed E-state index contributed by atoms with van der Waals surface area (Å²) in [6.07, 6.45) is 4.09. The molecule has 2 aliphatic rings. The monoisotopic (exact) mass is 600 g/mol. The molecule has 0 aliphatic heterocycles. The predicted molar refractivity (Wildman–Crippen MR) is 155 cm³/mol. The zero-order chi connectivity index (χ0) is 24.4. The van der Waals surface area contributed by atoms with Gasteiger partial charge in [-0.2, -0.15) is 0 Å². The fraction of sp³-hybridized carbons (Fsp3) is 0.235. The van der Waals surface area contributed by atoms with Crippen molar-refractivity contribution in [3.63, 3.8) is 0 Å².